The van der Waals surface area contributed by atoms with Crippen LogP contribution >= 0.6 is 11.8 Å². The summed E-state index contributed by atoms with van der Waals surface area (Å²) < 4.78 is 10.9. The zero-order valence-corrected chi connectivity index (χ0v) is 14.9. The molecule has 22 heavy (non-hydrogen) atoms. The molecule has 1 amide bonds. The number of rotatable bonds is 6. The largest absolute Gasteiger partial charge is 0.444 e. The van der Waals surface area contributed by atoms with Gasteiger partial charge in [0, 0.05) is 5.75 Å². The maximum atomic E-state index is 11.9. The fourth-order valence-corrected chi connectivity index (χ4v) is 2.15. The second kappa shape index (κ2) is 7.67. The van der Waals surface area contributed by atoms with Crippen molar-refractivity contribution in [3.8, 4) is 0 Å². The van der Waals surface area contributed by atoms with Gasteiger partial charge in [0.2, 0.25) is 5.89 Å². The van der Waals surface area contributed by atoms with E-state index in [0.717, 1.165) is 5.57 Å². The number of alkyl carbamates (subject to hydrolysis) is 1. The Morgan fingerprint density at radius 1 is 1.41 bits per heavy atom. The van der Waals surface area contributed by atoms with E-state index in [4.69, 9.17) is 9.15 Å². The topological polar surface area (TPSA) is 77.2 Å². The van der Waals surface area contributed by atoms with E-state index in [0.29, 0.717) is 16.9 Å². The van der Waals surface area contributed by atoms with Gasteiger partial charge in [-0.3, -0.25) is 0 Å². The van der Waals surface area contributed by atoms with Gasteiger partial charge in [-0.05, 0) is 33.6 Å². The van der Waals surface area contributed by atoms with Crippen LogP contribution in [0.5, 0.6) is 0 Å². The van der Waals surface area contributed by atoms with Gasteiger partial charge in [0.15, 0.2) is 0 Å². The SMILES string of the molecule is C=C(C)CSc1nnc([C@H](NC(=O)OC(C)(C)C)C(C)C)o1. The number of carbonyl (C=O) groups is 1. The van der Waals surface area contributed by atoms with Crippen LogP contribution < -0.4 is 5.32 Å². The van der Waals surface area contributed by atoms with Gasteiger partial charge in [0.25, 0.3) is 5.22 Å². The van der Waals surface area contributed by atoms with E-state index in [2.05, 4.69) is 22.1 Å². The molecule has 6 nitrogen and oxygen atoms in total. The standard InChI is InChI=1S/C15H25N3O3S/c1-9(2)8-22-14-18-17-12(20-14)11(10(3)4)16-13(19)21-15(5,6)7/h10-11H,1,8H2,2-7H3,(H,16,19)/t11-/m1/s1. The Bertz CT molecular complexity index is 520. The Labute approximate surface area is 136 Å². The number of ether oxygens (including phenoxy) is 1. The quantitative estimate of drug-likeness (QED) is 0.629. The molecule has 0 bridgehead atoms. The number of nitrogens with one attached hydrogen (secondary N) is 1. The first kappa shape index (κ1) is 18.5. The third kappa shape index (κ3) is 6.51. The van der Waals surface area contributed by atoms with Gasteiger partial charge in [-0.25, -0.2) is 4.79 Å². The molecule has 0 aromatic carbocycles. The molecule has 0 saturated heterocycles. The smallest absolute Gasteiger partial charge is 0.408 e. The van der Waals surface area contributed by atoms with Gasteiger partial charge < -0.3 is 14.5 Å². The molecule has 0 spiro atoms. The first-order valence-corrected chi connectivity index (χ1v) is 8.17. The number of hydrogen-bond acceptors (Lipinski definition) is 6. The van der Waals surface area contributed by atoms with E-state index in [1.165, 1.54) is 11.8 Å². The Morgan fingerprint density at radius 3 is 2.55 bits per heavy atom. The summed E-state index contributed by atoms with van der Waals surface area (Å²) in [6, 6.07) is -0.387. The number of carbonyl (C=O) groups excluding carboxylic acids is 1. The Hall–Kier alpha value is -1.50. The highest BCUT2D eigenvalue weighted by Gasteiger charge is 2.27. The Kier molecular flexibility index (Phi) is 6.47. The average Bonchev–Trinajstić information content (AvgIpc) is 2.79. The molecule has 0 fully saturated rings. The summed E-state index contributed by atoms with van der Waals surface area (Å²) in [4.78, 5) is 11.9. The number of hydrogen-bond donors (Lipinski definition) is 1. The lowest BCUT2D eigenvalue weighted by Gasteiger charge is -2.23. The first-order valence-electron chi connectivity index (χ1n) is 7.18. The highest BCUT2D eigenvalue weighted by Crippen LogP contribution is 2.25. The fourth-order valence-electron chi connectivity index (χ4n) is 1.54. The molecule has 1 rings (SSSR count). The summed E-state index contributed by atoms with van der Waals surface area (Å²) in [7, 11) is 0. The maximum Gasteiger partial charge on any atom is 0.408 e. The average molecular weight is 327 g/mol. The fraction of sp³-hybridized carbons (Fsp3) is 0.667. The second-order valence-corrected chi connectivity index (χ2v) is 7.45. The molecule has 1 heterocycles. The Morgan fingerprint density at radius 2 is 2.05 bits per heavy atom. The van der Waals surface area contributed by atoms with E-state index in [-0.39, 0.29) is 12.0 Å². The number of aromatic nitrogens is 2. The van der Waals surface area contributed by atoms with E-state index in [9.17, 15) is 4.79 Å². The van der Waals surface area contributed by atoms with Crippen LogP contribution in [0.25, 0.3) is 0 Å². The second-order valence-electron chi connectivity index (χ2n) is 6.52. The molecule has 1 aromatic heterocycles. The van der Waals surface area contributed by atoms with Crippen LogP contribution in [0, 0.1) is 5.92 Å². The summed E-state index contributed by atoms with van der Waals surface area (Å²) in [5, 5.41) is 11.3. The molecule has 0 saturated carbocycles. The molecule has 1 aromatic rings. The minimum absolute atomic E-state index is 0.0898. The predicted octanol–water partition coefficient (Wildman–Crippen LogP) is 3.96. The van der Waals surface area contributed by atoms with Crippen molar-refractivity contribution in [3.05, 3.63) is 18.0 Å². The summed E-state index contributed by atoms with van der Waals surface area (Å²) in [5.74, 6) is 1.19. The third-order valence-electron chi connectivity index (χ3n) is 2.47. The van der Waals surface area contributed by atoms with Crippen molar-refractivity contribution in [2.24, 2.45) is 5.92 Å². The van der Waals surface area contributed by atoms with Gasteiger partial charge in [0.1, 0.15) is 11.6 Å². The van der Waals surface area contributed by atoms with Gasteiger partial charge >= 0.3 is 6.09 Å². The molecular formula is C15H25N3O3S. The summed E-state index contributed by atoms with van der Waals surface area (Å²) in [5.41, 5.74) is 0.472. The lowest BCUT2D eigenvalue weighted by molar-refractivity contribution is 0.0477. The lowest BCUT2D eigenvalue weighted by atomic mass is 10.1. The van der Waals surface area contributed by atoms with Crippen LogP contribution in [0.1, 0.15) is 53.5 Å². The number of amides is 1. The maximum absolute atomic E-state index is 11.9. The van der Waals surface area contributed by atoms with Crippen molar-refractivity contribution in [3.63, 3.8) is 0 Å². The molecule has 0 aliphatic rings. The molecule has 7 heteroatoms. The minimum Gasteiger partial charge on any atom is -0.444 e. The third-order valence-corrected chi connectivity index (χ3v) is 3.52. The van der Waals surface area contributed by atoms with Gasteiger partial charge in [0.05, 0.1) is 0 Å². The minimum atomic E-state index is -0.553. The van der Waals surface area contributed by atoms with Crippen LogP contribution in [0.15, 0.2) is 21.8 Å². The first-order chi connectivity index (χ1) is 10.1. The molecule has 1 atom stereocenters. The van der Waals surface area contributed by atoms with Crippen LogP contribution in [0.3, 0.4) is 0 Å². The van der Waals surface area contributed by atoms with E-state index < -0.39 is 11.7 Å². The lowest BCUT2D eigenvalue weighted by Crippen LogP contribution is -2.37. The van der Waals surface area contributed by atoms with Crippen molar-refractivity contribution < 1.29 is 13.9 Å². The summed E-state index contributed by atoms with van der Waals surface area (Å²) in [6.07, 6.45) is -0.500. The van der Waals surface area contributed by atoms with Gasteiger partial charge in [-0.15, -0.1) is 10.2 Å². The van der Waals surface area contributed by atoms with Gasteiger partial charge in [-0.1, -0.05) is 37.8 Å². The normalized spacial score (nSPS) is 13.0. The molecule has 1 N–H and O–H groups in total. The zero-order chi connectivity index (χ0) is 16.9. The van der Waals surface area contributed by atoms with Crippen LogP contribution in [0.2, 0.25) is 0 Å². The van der Waals surface area contributed by atoms with Crippen molar-refractivity contribution in [2.45, 2.75) is 58.4 Å². The molecule has 0 aliphatic heterocycles. The highest BCUT2D eigenvalue weighted by molar-refractivity contribution is 7.99. The van der Waals surface area contributed by atoms with Crippen LogP contribution in [-0.2, 0) is 4.74 Å². The van der Waals surface area contributed by atoms with E-state index >= 15 is 0 Å². The molecule has 0 radical (unpaired) electrons. The van der Waals surface area contributed by atoms with Crippen molar-refractivity contribution in [1.82, 2.24) is 15.5 Å². The predicted molar refractivity (Wildman–Crippen MR) is 86.8 cm³/mol. The van der Waals surface area contributed by atoms with Crippen LogP contribution in [-0.4, -0.2) is 27.6 Å². The molecule has 0 unspecified atom stereocenters. The van der Waals surface area contributed by atoms with Gasteiger partial charge in [-0.2, -0.15) is 0 Å². The van der Waals surface area contributed by atoms with Crippen molar-refractivity contribution >= 4 is 17.9 Å². The number of nitrogens with zero attached hydrogens (tertiary/aromatic N) is 2. The summed E-state index contributed by atoms with van der Waals surface area (Å²) in [6.45, 7) is 15.1. The molecular weight excluding hydrogens is 302 g/mol. The highest BCUT2D eigenvalue weighted by atomic mass is 32.2. The zero-order valence-electron chi connectivity index (χ0n) is 14.1. The number of thioether (sulfide) groups is 1. The van der Waals surface area contributed by atoms with Crippen molar-refractivity contribution in [1.29, 1.82) is 0 Å². The Balaban J connectivity index is 2.75. The van der Waals surface area contributed by atoms with Crippen LogP contribution in [0.4, 0.5) is 4.79 Å². The molecule has 0 aliphatic carbocycles. The molecule has 124 valence electrons. The van der Waals surface area contributed by atoms with Crippen molar-refractivity contribution in [2.75, 3.05) is 5.75 Å². The van der Waals surface area contributed by atoms with E-state index in [1.54, 1.807) is 0 Å². The van der Waals surface area contributed by atoms with E-state index in [1.807, 2.05) is 41.5 Å². The monoisotopic (exact) mass is 327 g/mol. The summed E-state index contributed by atoms with van der Waals surface area (Å²) >= 11 is 1.42.